The van der Waals surface area contributed by atoms with Crippen LogP contribution < -0.4 is 0 Å². The van der Waals surface area contributed by atoms with Crippen LogP contribution in [0.4, 0.5) is 10.6 Å². The number of nitrogens with zero attached hydrogens (tertiary/aromatic N) is 4. The zero-order chi connectivity index (χ0) is 16.5. The molecule has 1 aliphatic rings. The fraction of sp³-hybridized carbons (Fsp3) is 0.562. The third kappa shape index (κ3) is 3.96. The maximum absolute atomic E-state index is 12.2. The van der Waals surface area contributed by atoms with E-state index in [4.69, 9.17) is 4.74 Å². The zero-order valence-electron chi connectivity index (χ0n) is 14.2. The van der Waals surface area contributed by atoms with E-state index < -0.39 is 5.60 Å². The molecule has 2 rings (SSSR count). The number of aryl methyl sites for hydroxylation is 1. The number of aliphatic imine (C=N–C) groups is 1. The zero-order valence-corrected chi connectivity index (χ0v) is 14.2. The molecule has 1 amide bonds. The van der Waals surface area contributed by atoms with Gasteiger partial charge in [-0.3, -0.25) is 4.90 Å². The average molecular weight is 304 g/mol. The fourth-order valence-corrected chi connectivity index (χ4v) is 2.22. The highest BCUT2D eigenvalue weighted by molar-refractivity contribution is 5.69. The Kier molecular flexibility index (Phi) is 4.39. The van der Waals surface area contributed by atoms with Crippen molar-refractivity contribution in [2.45, 2.75) is 46.4 Å². The number of hydrogen-bond acceptors (Lipinski definition) is 4. The Hall–Kier alpha value is -2.11. The molecule has 0 spiro atoms. The number of carbonyl (C=O) groups is 1. The van der Waals surface area contributed by atoms with Crippen molar-refractivity contribution in [3.8, 4) is 0 Å². The molecule has 0 unspecified atom stereocenters. The molecular formula is C16H24N4O2. The van der Waals surface area contributed by atoms with Crippen molar-refractivity contribution in [3.63, 3.8) is 0 Å². The molecule has 0 aromatic carbocycles. The summed E-state index contributed by atoms with van der Waals surface area (Å²) >= 11 is 0. The number of hydrogen-bond donors (Lipinski definition) is 0. The molecule has 1 aliphatic heterocycles. The molecule has 0 N–H and O–H groups in total. The lowest BCUT2D eigenvalue weighted by Crippen LogP contribution is -2.33. The molecule has 0 saturated heterocycles. The Morgan fingerprint density at radius 1 is 1.41 bits per heavy atom. The average Bonchev–Trinajstić information content (AvgIpc) is 2.79. The Morgan fingerprint density at radius 3 is 2.68 bits per heavy atom. The summed E-state index contributed by atoms with van der Waals surface area (Å²) in [6, 6.07) is 1.94. The van der Waals surface area contributed by atoms with Gasteiger partial charge in [0.15, 0.2) is 5.82 Å². The van der Waals surface area contributed by atoms with E-state index in [9.17, 15) is 4.79 Å². The van der Waals surface area contributed by atoms with E-state index in [2.05, 4.69) is 9.98 Å². The predicted octanol–water partition coefficient (Wildman–Crippen LogP) is 2.86. The van der Waals surface area contributed by atoms with Crippen molar-refractivity contribution >= 4 is 18.2 Å². The first kappa shape index (κ1) is 16.3. The van der Waals surface area contributed by atoms with E-state index in [0.717, 1.165) is 16.8 Å². The highest BCUT2D eigenvalue weighted by atomic mass is 16.6. The summed E-state index contributed by atoms with van der Waals surface area (Å²) in [5, 5.41) is 0. The Bertz CT molecular complexity index is 603. The molecule has 1 aromatic rings. The van der Waals surface area contributed by atoms with Gasteiger partial charge in [-0.25, -0.2) is 14.8 Å². The lowest BCUT2D eigenvalue weighted by molar-refractivity contribution is 0.0240. The number of aromatic nitrogens is 1. The van der Waals surface area contributed by atoms with Crippen molar-refractivity contribution in [1.29, 1.82) is 0 Å². The number of amides is 1. The summed E-state index contributed by atoms with van der Waals surface area (Å²) in [6.45, 7) is 8.63. The topological polar surface area (TPSA) is 58.0 Å². The fourth-order valence-electron chi connectivity index (χ4n) is 2.22. The number of ether oxygens (including phenoxy) is 1. The summed E-state index contributed by atoms with van der Waals surface area (Å²) in [4.78, 5) is 24.6. The quantitative estimate of drug-likeness (QED) is 0.623. The summed E-state index contributed by atoms with van der Waals surface area (Å²) in [5.74, 6) is 0.663. The van der Waals surface area contributed by atoms with E-state index >= 15 is 0 Å². The molecule has 22 heavy (non-hydrogen) atoms. The summed E-state index contributed by atoms with van der Waals surface area (Å²) < 4.78 is 5.42. The van der Waals surface area contributed by atoms with E-state index in [1.807, 2.05) is 52.8 Å². The molecule has 2 heterocycles. The van der Waals surface area contributed by atoms with Gasteiger partial charge in [0, 0.05) is 14.1 Å². The first-order valence-electron chi connectivity index (χ1n) is 7.33. The van der Waals surface area contributed by atoms with Gasteiger partial charge in [0.1, 0.15) is 5.60 Å². The van der Waals surface area contributed by atoms with Gasteiger partial charge in [-0.15, -0.1) is 0 Å². The monoisotopic (exact) mass is 304 g/mol. The van der Waals surface area contributed by atoms with Crippen LogP contribution in [0.15, 0.2) is 11.1 Å². The van der Waals surface area contributed by atoms with Crippen molar-refractivity contribution in [1.82, 2.24) is 14.8 Å². The van der Waals surface area contributed by atoms with Gasteiger partial charge in [0.2, 0.25) is 0 Å². The number of fused-ring (bicyclic) bond motifs is 1. The second kappa shape index (κ2) is 5.94. The summed E-state index contributed by atoms with van der Waals surface area (Å²) in [6.07, 6.45) is 1.41. The molecule has 6 nitrogen and oxygen atoms in total. The van der Waals surface area contributed by atoms with Gasteiger partial charge in [-0.05, 0) is 44.9 Å². The van der Waals surface area contributed by atoms with Crippen molar-refractivity contribution in [2.24, 2.45) is 4.99 Å². The smallest absolute Gasteiger partial charge is 0.410 e. The molecule has 0 fully saturated rings. The van der Waals surface area contributed by atoms with Crippen LogP contribution in [0.2, 0.25) is 0 Å². The first-order valence-corrected chi connectivity index (χ1v) is 7.33. The summed E-state index contributed by atoms with van der Waals surface area (Å²) in [5.41, 5.74) is 2.60. The predicted molar refractivity (Wildman–Crippen MR) is 86.3 cm³/mol. The van der Waals surface area contributed by atoms with E-state index in [1.54, 1.807) is 11.2 Å². The van der Waals surface area contributed by atoms with Crippen LogP contribution in [-0.4, -0.2) is 46.9 Å². The van der Waals surface area contributed by atoms with Crippen LogP contribution in [0, 0.1) is 6.92 Å². The number of rotatable bonds is 2. The van der Waals surface area contributed by atoms with Crippen LogP contribution in [0.3, 0.4) is 0 Å². The SMILES string of the molecule is Cc1cc(/N=C\N(C)C)nc2c1CN(C(=O)OC(C)(C)C)C2. The van der Waals surface area contributed by atoms with Crippen LogP contribution in [0.5, 0.6) is 0 Å². The Morgan fingerprint density at radius 2 is 2.09 bits per heavy atom. The van der Waals surface area contributed by atoms with Crippen LogP contribution in [-0.2, 0) is 17.8 Å². The molecule has 0 aliphatic carbocycles. The van der Waals surface area contributed by atoms with Crippen molar-refractivity contribution in [2.75, 3.05) is 14.1 Å². The van der Waals surface area contributed by atoms with Crippen molar-refractivity contribution in [3.05, 3.63) is 22.9 Å². The maximum atomic E-state index is 12.2. The third-order valence-corrected chi connectivity index (χ3v) is 3.18. The second-order valence-electron chi connectivity index (χ2n) is 6.77. The lowest BCUT2D eigenvalue weighted by atomic mass is 10.1. The number of pyridine rings is 1. The van der Waals surface area contributed by atoms with Crippen molar-refractivity contribution < 1.29 is 9.53 Å². The molecule has 0 radical (unpaired) electrons. The van der Waals surface area contributed by atoms with Gasteiger partial charge >= 0.3 is 6.09 Å². The molecule has 0 bridgehead atoms. The molecule has 120 valence electrons. The normalized spacial score (nSPS) is 14.4. The van der Waals surface area contributed by atoms with E-state index in [0.29, 0.717) is 18.9 Å². The minimum atomic E-state index is -0.491. The molecule has 0 saturated carbocycles. The molecule has 1 aromatic heterocycles. The third-order valence-electron chi connectivity index (χ3n) is 3.18. The largest absolute Gasteiger partial charge is 0.444 e. The molecular weight excluding hydrogens is 280 g/mol. The van der Waals surface area contributed by atoms with Crippen LogP contribution >= 0.6 is 0 Å². The van der Waals surface area contributed by atoms with Gasteiger partial charge in [-0.2, -0.15) is 0 Å². The number of carbonyl (C=O) groups excluding carboxylic acids is 1. The maximum Gasteiger partial charge on any atom is 0.410 e. The second-order valence-corrected chi connectivity index (χ2v) is 6.77. The minimum Gasteiger partial charge on any atom is -0.444 e. The first-order chi connectivity index (χ1) is 10.2. The Labute approximate surface area is 131 Å². The van der Waals surface area contributed by atoms with Crippen LogP contribution in [0.1, 0.15) is 37.6 Å². The Balaban J connectivity index is 2.17. The minimum absolute atomic E-state index is 0.303. The van der Waals surface area contributed by atoms with Crippen LogP contribution in [0.25, 0.3) is 0 Å². The molecule has 6 heteroatoms. The van der Waals surface area contributed by atoms with Gasteiger partial charge in [-0.1, -0.05) is 0 Å². The summed E-state index contributed by atoms with van der Waals surface area (Å²) in [7, 11) is 3.82. The van der Waals surface area contributed by atoms with Gasteiger partial charge in [0.05, 0.1) is 25.1 Å². The van der Waals surface area contributed by atoms with E-state index in [-0.39, 0.29) is 6.09 Å². The van der Waals surface area contributed by atoms with E-state index in [1.165, 1.54) is 0 Å². The molecule has 0 atom stereocenters. The van der Waals surface area contributed by atoms with Gasteiger partial charge < -0.3 is 9.64 Å². The van der Waals surface area contributed by atoms with Gasteiger partial charge in [0.25, 0.3) is 0 Å². The highest BCUT2D eigenvalue weighted by Crippen LogP contribution is 2.28. The lowest BCUT2D eigenvalue weighted by Gasteiger charge is -2.24. The standard InChI is InChI=1S/C16H24N4O2/c1-11-7-14(17-10-19(5)6)18-13-9-20(8-12(11)13)15(21)22-16(2,3)4/h7,10H,8-9H2,1-6H3/b17-10-. The highest BCUT2D eigenvalue weighted by Gasteiger charge is 2.29.